The first-order chi connectivity index (χ1) is 18.6. The molecule has 1 aliphatic heterocycles. The normalized spacial score (nSPS) is 17.9. The van der Waals surface area contributed by atoms with E-state index >= 15 is 0 Å². The second kappa shape index (κ2) is 10.5. The van der Waals surface area contributed by atoms with Crippen LogP contribution in [-0.2, 0) is 20.9 Å². The third-order valence-corrected chi connectivity index (χ3v) is 13.4. The average Bonchev–Trinajstić information content (AvgIpc) is 3.16. The molecule has 5 rings (SSSR count). The molecule has 0 aromatic heterocycles. The molecule has 1 aliphatic rings. The summed E-state index contributed by atoms with van der Waals surface area (Å²) in [6, 6.07) is 43.5. The first kappa shape index (κ1) is 27.4. The van der Waals surface area contributed by atoms with Crippen molar-refractivity contribution in [2.24, 2.45) is 0 Å². The zero-order valence-electron chi connectivity index (χ0n) is 24.1. The number of benzene rings is 4. The summed E-state index contributed by atoms with van der Waals surface area (Å²) in [5, 5.41) is 0.746. The Kier molecular flexibility index (Phi) is 7.36. The molecule has 1 unspecified atom stereocenters. The Balaban J connectivity index is 1.87. The summed E-state index contributed by atoms with van der Waals surface area (Å²) in [4.78, 5) is 2.58. The van der Waals surface area contributed by atoms with Crippen molar-refractivity contribution in [3.63, 3.8) is 0 Å². The summed E-state index contributed by atoms with van der Waals surface area (Å²) in [6.07, 6.45) is 0. The first-order valence-electron chi connectivity index (χ1n) is 13.9. The Labute approximate surface area is 236 Å². The van der Waals surface area contributed by atoms with Gasteiger partial charge >= 0.3 is 7.12 Å². The van der Waals surface area contributed by atoms with E-state index in [1.807, 2.05) is 0 Å². The minimum atomic E-state index is -2.51. The maximum absolute atomic E-state index is 7.10. The van der Waals surface area contributed by atoms with Gasteiger partial charge in [-0.3, -0.25) is 0 Å². The number of hydrogen-bond donors (Lipinski definition) is 0. The average molecular weight is 534 g/mol. The van der Waals surface area contributed by atoms with Crippen molar-refractivity contribution in [3.05, 3.63) is 132 Å². The van der Waals surface area contributed by atoms with Crippen molar-refractivity contribution < 1.29 is 9.31 Å². The van der Waals surface area contributed by atoms with Crippen LogP contribution >= 0.6 is 0 Å². The number of nitrogens with zero attached hydrogens (tertiary/aromatic N) is 1. The monoisotopic (exact) mass is 533 g/mol. The molecule has 0 bridgehead atoms. The van der Waals surface area contributed by atoms with E-state index in [9.17, 15) is 0 Å². The molecule has 3 nitrogen and oxygen atoms in total. The second-order valence-electron chi connectivity index (χ2n) is 12.1. The van der Waals surface area contributed by atoms with E-state index in [2.05, 4.69) is 167 Å². The van der Waals surface area contributed by atoms with Crippen LogP contribution in [0.4, 0.5) is 5.69 Å². The molecular formula is C34H40BNO2Si. The Hall–Kier alpha value is -3.12. The van der Waals surface area contributed by atoms with Crippen LogP contribution in [0.15, 0.2) is 121 Å². The molecule has 1 saturated heterocycles. The van der Waals surface area contributed by atoms with Gasteiger partial charge in [0.25, 0.3) is 0 Å². The predicted molar refractivity (Wildman–Crippen MR) is 167 cm³/mol. The molecule has 1 fully saturated rings. The number of hydrogen-bond acceptors (Lipinski definition) is 3. The summed E-state index contributed by atoms with van der Waals surface area (Å²) in [6.45, 7) is 14.3. The van der Waals surface area contributed by atoms with E-state index in [1.165, 1.54) is 16.3 Å². The molecule has 0 radical (unpaired) electrons. The lowest BCUT2D eigenvalue weighted by atomic mass is 9.71. The van der Waals surface area contributed by atoms with Crippen LogP contribution in [0.2, 0.25) is 13.1 Å². The van der Waals surface area contributed by atoms with Gasteiger partial charge in [-0.25, -0.2) is 0 Å². The molecule has 39 heavy (non-hydrogen) atoms. The molecule has 1 heterocycles. The molecule has 0 saturated carbocycles. The molecule has 4 aromatic carbocycles. The summed E-state index contributed by atoms with van der Waals surface area (Å²) < 4.78 is 14.2. The fourth-order valence-corrected chi connectivity index (χ4v) is 9.93. The number of para-hydroxylation sites is 1. The fourth-order valence-electron chi connectivity index (χ4n) is 5.99. The van der Waals surface area contributed by atoms with Crippen LogP contribution < -0.4 is 10.1 Å². The molecule has 0 N–H and O–H groups in total. The van der Waals surface area contributed by atoms with Gasteiger partial charge in [0.2, 0.25) is 0 Å². The van der Waals surface area contributed by atoms with Crippen LogP contribution in [0.25, 0.3) is 0 Å². The van der Waals surface area contributed by atoms with Crippen molar-refractivity contribution >= 4 is 26.1 Å². The minimum Gasteiger partial charge on any atom is -0.402 e. The Bertz CT molecular complexity index is 1350. The van der Waals surface area contributed by atoms with E-state index in [0.717, 1.165) is 5.69 Å². The smallest absolute Gasteiger partial charge is 0.402 e. The molecule has 4 aromatic rings. The van der Waals surface area contributed by atoms with Gasteiger partial charge in [0.05, 0.1) is 16.3 Å². The third kappa shape index (κ3) is 4.77. The Morgan fingerprint density at radius 3 is 1.59 bits per heavy atom. The molecule has 200 valence electrons. The molecular weight excluding hydrogens is 493 g/mol. The molecule has 0 aliphatic carbocycles. The summed E-state index contributed by atoms with van der Waals surface area (Å²) in [5.74, 6) is 0. The topological polar surface area (TPSA) is 21.7 Å². The Morgan fingerprint density at radius 1 is 0.641 bits per heavy atom. The highest BCUT2D eigenvalue weighted by Gasteiger charge is 2.68. The zero-order valence-corrected chi connectivity index (χ0v) is 25.1. The lowest BCUT2D eigenvalue weighted by Crippen LogP contribution is -2.75. The van der Waals surface area contributed by atoms with Gasteiger partial charge in [-0.15, -0.1) is 0 Å². The second-order valence-corrected chi connectivity index (χ2v) is 16.7. The van der Waals surface area contributed by atoms with Crippen LogP contribution in [0, 0.1) is 0 Å². The van der Waals surface area contributed by atoms with Crippen LogP contribution in [0.1, 0.15) is 38.8 Å². The Morgan fingerprint density at radius 2 is 1.08 bits per heavy atom. The van der Waals surface area contributed by atoms with Crippen LogP contribution in [0.3, 0.4) is 0 Å². The van der Waals surface area contributed by atoms with Crippen molar-refractivity contribution in [3.8, 4) is 0 Å². The van der Waals surface area contributed by atoms with Gasteiger partial charge < -0.3 is 14.2 Å². The maximum atomic E-state index is 7.10. The van der Waals surface area contributed by atoms with E-state index in [-0.39, 0.29) is 0 Å². The van der Waals surface area contributed by atoms with Crippen molar-refractivity contribution in [1.82, 2.24) is 0 Å². The molecule has 5 heteroatoms. The van der Waals surface area contributed by atoms with Gasteiger partial charge in [0, 0.05) is 12.2 Å². The maximum Gasteiger partial charge on any atom is 0.487 e. The minimum absolute atomic E-state index is 0.478. The third-order valence-electron chi connectivity index (χ3n) is 8.93. The highest BCUT2D eigenvalue weighted by atomic mass is 28.3. The van der Waals surface area contributed by atoms with Crippen LogP contribution in [0.5, 0.6) is 0 Å². The van der Waals surface area contributed by atoms with Crippen molar-refractivity contribution in [2.45, 2.75) is 63.6 Å². The lowest BCUT2D eigenvalue weighted by molar-refractivity contribution is 0.00578. The lowest BCUT2D eigenvalue weighted by Gasteiger charge is -2.55. The molecule has 0 spiro atoms. The highest BCUT2D eigenvalue weighted by Crippen LogP contribution is 2.50. The van der Waals surface area contributed by atoms with E-state index in [4.69, 9.17) is 9.31 Å². The van der Waals surface area contributed by atoms with Gasteiger partial charge in [-0.05, 0) is 51.0 Å². The van der Waals surface area contributed by atoms with Crippen molar-refractivity contribution in [1.29, 1.82) is 0 Å². The summed E-state index contributed by atoms with van der Waals surface area (Å²) >= 11 is 0. The number of anilines is 1. The van der Waals surface area contributed by atoms with Gasteiger partial charge in [0.15, 0.2) is 0 Å². The number of rotatable bonds is 8. The quantitative estimate of drug-likeness (QED) is 0.221. The van der Waals surface area contributed by atoms with Gasteiger partial charge in [0.1, 0.15) is 8.07 Å². The molecule has 0 amide bonds. The SMILES string of the molecule is CC1(C)OB(C(c2ccccc2)(N(Cc2ccccc2)c2ccccc2)[Si](C)(C)c2ccccc2)OC1(C)C. The highest BCUT2D eigenvalue weighted by molar-refractivity contribution is 6.99. The standard InChI is InChI=1S/C34H40BNO2Si/c1-32(2)33(3,4)38-35(37-32)34(29-21-13-8-14-22-29,39(5,6)31-25-17-10-18-26-31)36(30-23-15-9-16-24-30)27-28-19-11-7-12-20-28/h7-26H,27H2,1-6H3. The first-order valence-corrected chi connectivity index (χ1v) is 16.9. The van der Waals surface area contributed by atoms with Crippen molar-refractivity contribution in [2.75, 3.05) is 4.90 Å². The van der Waals surface area contributed by atoms with E-state index in [1.54, 1.807) is 0 Å². The zero-order chi connectivity index (χ0) is 27.7. The van der Waals surface area contributed by atoms with E-state index < -0.39 is 31.5 Å². The van der Waals surface area contributed by atoms with Gasteiger partial charge in [-0.1, -0.05) is 127 Å². The predicted octanol–water partition coefficient (Wildman–Crippen LogP) is 7.37. The fraction of sp³-hybridized carbons (Fsp3) is 0.294. The molecule has 1 atom stereocenters. The summed E-state index contributed by atoms with van der Waals surface area (Å²) in [7, 11) is -3.02. The van der Waals surface area contributed by atoms with Gasteiger partial charge in [-0.2, -0.15) is 0 Å². The van der Waals surface area contributed by atoms with E-state index in [0.29, 0.717) is 6.54 Å². The summed E-state index contributed by atoms with van der Waals surface area (Å²) in [5.41, 5.74) is 2.65. The largest absolute Gasteiger partial charge is 0.487 e. The van der Waals surface area contributed by atoms with Crippen LogP contribution in [-0.4, -0.2) is 26.4 Å².